The Morgan fingerprint density at radius 2 is 2.21 bits per heavy atom. The largest absolute Gasteiger partial charge is 0.480 e. The monoisotopic (exact) mass is 265 g/mol. The van der Waals surface area contributed by atoms with Crippen molar-refractivity contribution in [2.24, 2.45) is 0 Å². The molecule has 0 saturated heterocycles. The summed E-state index contributed by atoms with van der Waals surface area (Å²) in [7, 11) is 1.52. The maximum Gasteiger partial charge on any atom is 0.326 e. The molecular formula is C13H19N3O3. The lowest BCUT2D eigenvalue weighted by Crippen LogP contribution is -2.29. The normalized spacial score (nSPS) is 11.7. The van der Waals surface area contributed by atoms with E-state index in [9.17, 15) is 9.59 Å². The van der Waals surface area contributed by atoms with Gasteiger partial charge in [0.1, 0.15) is 11.7 Å². The molecule has 0 radical (unpaired) electrons. The molecule has 3 N–H and O–H groups in total. The van der Waals surface area contributed by atoms with Gasteiger partial charge >= 0.3 is 5.97 Å². The molecule has 0 bridgehead atoms. The fourth-order valence-electron chi connectivity index (χ4n) is 1.64. The van der Waals surface area contributed by atoms with Gasteiger partial charge in [-0.05, 0) is 18.6 Å². The minimum absolute atomic E-state index is 0.257. The Hall–Kier alpha value is -2.11. The molecule has 0 aliphatic heterocycles. The van der Waals surface area contributed by atoms with E-state index >= 15 is 0 Å². The molecule has 104 valence electrons. The van der Waals surface area contributed by atoms with Crippen molar-refractivity contribution in [1.29, 1.82) is 0 Å². The average Bonchev–Trinajstić information content (AvgIpc) is 2.42. The molecule has 1 heterocycles. The molecule has 6 heteroatoms. The van der Waals surface area contributed by atoms with Gasteiger partial charge < -0.3 is 15.7 Å². The SMILES string of the molecule is CCCCC(Nc1ccnc(C(=O)NC)c1)C(=O)O. The molecule has 1 rings (SSSR count). The molecule has 0 saturated carbocycles. The first-order valence-electron chi connectivity index (χ1n) is 6.26. The fourth-order valence-corrected chi connectivity index (χ4v) is 1.64. The minimum atomic E-state index is -0.897. The second-order valence-electron chi connectivity index (χ2n) is 4.19. The first-order valence-corrected chi connectivity index (χ1v) is 6.26. The number of carbonyl (C=O) groups excluding carboxylic acids is 1. The number of nitrogens with one attached hydrogen (secondary N) is 2. The summed E-state index contributed by atoms with van der Waals surface area (Å²) in [6, 6.07) is 2.54. The first kappa shape index (κ1) is 14.9. The molecule has 0 spiro atoms. The summed E-state index contributed by atoms with van der Waals surface area (Å²) >= 11 is 0. The van der Waals surface area contributed by atoms with Crippen LogP contribution in [0.1, 0.15) is 36.7 Å². The molecule has 0 aliphatic carbocycles. The Morgan fingerprint density at radius 1 is 1.47 bits per heavy atom. The van der Waals surface area contributed by atoms with Crippen LogP contribution in [0.5, 0.6) is 0 Å². The molecule has 1 aromatic rings. The predicted octanol–water partition coefficient (Wildman–Crippen LogP) is 1.50. The zero-order valence-electron chi connectivity index (χ0n) is 11.1. The van der Waals surface area contributed by atoms with Crippen LogP contribution < -0.4 is 10.6 Å². The molecule has 1 amide bonds. The zero-order chi connectivity index (χ0) is 14.3. The Labute approximate surface area is 112 Å². The van der Waals surface area contributed by atoms with Crippen molar-refractivity contribution in [2.75, 3.05) is 12.4 Å². The fraction of sp³-hybridized carbons (Fsp3) is 0.462. The summed E-state index contributed by atoms with van der Waals surface area (Å²) in [6.45, 7) is 2.01. The highest BCUT2D eigenvalue weighted by Crippen LogP contribution is 2.12. The van der Waals surface area contributed by atoms with Crippen LogP contribution in [0.4, 0.5) is 5.69 Å². The van der Waals surface area contributed by atoms with Crippen LogP contribution in [0.25, 0.3) is 0 Å². The highest BCUT2D eigenvalue weighted by molar-refractivity contribution is 5.93. The number of carboxylic acids is 1. The molecule has 1 atom stereocenters. The number of rotatable bonds is 7. The maximum atomic E-state index is 11.4. The van der Waals surface area contributed by atoms with Crippen molar-refractivity contribution in [3.8, 4) is 0 Å². The lowest BCUT2D eigenvalue weighted by atomic mass is 10.1. The Bertz CT molecular complexity index is 449. The van der Waals surface area contributed by atoms with E-state index in [1.807, 2.05) is 6.92 Å². The highest BCUT2D eigenvalue weighted by Gasteiger charge is 2.17. The summed E-state index contributed by atoms with van der Waals surface area (Å²) in [5, 5.41) is 14.5. The third-order valence-corrected chi connectivity index (χ3v) is 2.70. The van der Waals surface area contributed by atoms with Crippen LogP contribution in [-0.2, 0) is 4.79 Å². The molecule has 19 heavy (non-hydrogen) atoms. The number of carboxylic acid groups (broad SMARTS) is 1. The van der Waals surface area contributed by atoms with Gasteiger partial charge in [-0.1, -0.05) is 19.8 Å². The molecule has 1 aromatic heterocycles. The van der Waals surface area contributed by atoms with Crippen molar-refractivity contribution >= 4 is 17.6 Å². The number of amides is 1. The highest BCUT2D eigenvalue weighted by atomic mass is 16.4. The van der Waals surface area contributed by atoms with Gasteiger partial charge in [0.15, 0.2) is 0 Å². The van der Waals surface area contributed by atoms with Gasteiger partial charge in [-0.2, -0.15) is 0 Å². The van der Waals surface area contributed by atoms with E-state index in [0.717, 1.165) is 12.8 Å². The van der Waals surface area contributed by atoms with Crippen molar-refractivity contribution in [2.45, 2.75) is 32.2 Å². The van der Waals surface area contributed by atoms with Crippen molar-refractivity contribution in [1.82, 2.24) is 10.3 Å². The van der Waals surface area contributed by atoms with Gasteiger partial charge in [-0.25, -0.2) is 4.79 Å². The quantitative estimate of drug-likeness (QED) is 0.695. The third kappa shape index (κ3) is 4.57. The number of hydrogen-bond donors (Lipinski definition) is 3. The molecule has 6 nitrogen and oxygen atoms in total. The van der Waals surface area contributed by atoms with E-state index in [-0.39, 0.29) is 11.6 Å². The second kappa shape index (κ2) is 7.35. The van der Waals surface area contributed by atoms with Gasteiger partial charge in [0, 0.05) is 18.9 Å². The second-order valence-corrected chi connectivity index (χ2v) is 4.19. The molecule has 0 aliphatic rings. The topological polar surface area (TPSA) is 91.3 Å². The van der Waals surface area contributed by atoms with Crippen molar-refractivity contribution in [3.05, 3.63) is 24.0 Å². The van der Waals surface area contributed by atoms with E-state index in [1.54, 1.807) is 12.1 Å². The van der Waals surface area contributed by atoms with E-state index in [1.165, 1.54) is 13.2 Å². The van der Waals surface area contributed by atoms with E-state index < -0.39 is 12.0 Å². The number of pyridine rings is 1. The zero-order valence-corrected chi connectivity index (χ0v) is 11.1. The number of carbonyl (C=O) groups is 2. The number of aliphatic carboxylic acids is 1. The minimum Gasteiger partial charge on any atom is -0.480 e. The lowest BCUT2D eigenvalue weighted by molar-refractivity contribution is -0.138. The maximum absolute atomic E-state index is 11.4. The Balaban J connectivity index is 2.78. The summed E-state index contributed by atoms with van der Waals surface area (Å²) in [4.78, 5) is 26.5. The van der Waals surface area contributed by atoms with E-state index in [4.69, 9.17) is 5.11 Å². The van der Waals surface area contributed by atoms with Gasteiger partial charge in [0.2, 0.25) is 0 Å². The van der Waals surface area contributed by atoms with E-state index in [2.05, 4.69) is 15.6 Å². The number of aromatic nitrogens is 1. The van der Waals surface area contributed by atoms with Gasteiger partial charge in [-0.3, -0.25) is 9.78 Å². The predicted molar refractivity (Wildman–Crippen MR) is 72.2 cm³/mol. The van der Waals surface area contributed by atoms with Crippen LogP contribution in [-0.4, -0.2) is 35.1 Å². The average molecular weight is 265 g/mol. The number of anilines is 1. The van der Waals surface area contributed by atoms with Crippen LogP contribution >= 0.6 is 0 Å². The standard InChI is InChI=1S/C13H19N3O3/c1-3-4-5-10(13(18)19)16-9-6-7-15-11(8-9)12(17)14-2/h6-8,10H,3-5H2,1-2H3,(H,14,17)(H,15,16)(H,18,19). The number of unbranched alkanes of at least 4 members (excludes halogenated alkanes) is 1. The van der Waals surface area contributed by atoms with Crippen LogP contribution in [0, 0.1) is 0 Å². The smallest absolute Gasteiger partial charge is 0.326 e. The van der Waals surface area contributed by atoms with Crippen LogP contribution in [0.15, 0.2) is 18.3 Å². The summed E-state index contributed by atoms with van der Waals surface area (Å²) < 4.78 is 0. The summed E-state index contributed by atoms with van der Waals surface area (Å²) in [6.07, 6.45) is 3.79. The first-order chi connectivity index (χ1) is 9.08. The number of nitrogens with zero attached hydrogens (tertiary/aromatic N) is 1. The molecule has 0 aromatic carbocycles. The van der Waals surface area contributed by atoms with Crippen molar-refractivity contribution < 1.29 is 14.7 Å². The van der Waals surface area contributed by atoms with Crippen LogP contribution in [0.3, 0.4) is 0 Å². The van der Waals surface area contributed by atoms with Gasteiger partial charge in [0.25, 0.3) is 5.91 Å². The van der Waals surface area contributed by atoms with Crippen LogP contribution in [0.2, 0.25) is 0 Å². The van der Waals surface area contributed by atoms with Gasteiger partial charge in [-0.15, -0.1) is 0 Å². The van der Waals surface area contributed by atoms with Gasteiger partial charge in [0.05, 0.1) is 0 Å². The summed E-state index contributed by atoms with van der Waals surface area (Å²) in [5.74, 6) is -1.20. The summed E-state index contributed by atoms with van der Waals surface area (Å²) in [5.41, 5.74) is 0.837. The van der Waals surface area contributed by atoms with E-state index in [0.29, 0.717) is 12.1 Å². The molecule has 0 fully saturated rings. The lowest BCUT2D eigenvalue weighted by Gasteiger charge is -2.15. The van der Waals surface area contributed by atoms with Crippen molar-refractivity contribution in [3.63, 3.8) is 0 Å². The molecular weight excluding hydrogens is 246 g/mol. The third-order valence-electron chi connectivity index (χ3n) is 2.70. The molecule has 1 unspecified atom stereocenters. The number of hydrogen-bond acceptors (Lipinski definition) is 4. The Kier molecular flexibility index (Phi) is 5.78. The Morgan fingerprint density at radius 3 is 2.79 bits per heavy atom.